The van der Waals surface area contributed by atoms with Gasteiger partial charge in [0.05, 0.1) is 5.60 Å². The molecule has 0 aromatic heterocycles. The number of piperidine rings is 1. The van der Waals surface area contributed by atoms with Gasteiger partial charge in [-0.2, -0.15) is 6.42 Å². The van der Waals surface area contributed by atoms with Crippen LogP contribution in [0.15, 0.2) is 36.4 Å². The third-order valence-corrected chi connectivity index (χ3v) is 5.72. The first-order valence-electron chi connectivity index (χ1n) is 9.82. The number of amides is 1. The summed E-state index contributed by atoms with van der Waals surface area (Å²) in [4.78, 5) is 14.4. The Morgan fingerprint density at radius 2 is 1.93 bits per heavy atom. The number of hydrogen-bond donors (Lipinski definition) is 2. The number of allylic oxidation sites excluding steroid dienone is 1. The third kappa shape index (κ3) is 5.29. The zero-order valence-electron chi connectivity index (χ0n) is 16.0. The molecule has 4 nitrogen and oxygen atoms in total. The largest absolute Gasteiger partial charge is 0.387 e. The molecule has 1 saturated carbocycles. The molecule has 0 spiro atoms. The zero-order chi connectivity index (χ0) is 18.6. The van der Waals surface area contributed by atoms with Gasteiger partial charge in [0.2, 0.25) is 5.91 Å². The Morgan fingerprint density at radius 3 is 2.52 bits per heavy atom. The van der Waals surface area contributed by atoms with Crippen LogP contribution in [0.1, 0.15) is 69.5 Å². The number of hydrogen-bond acceptors (Lipinski definition) is 3. The number of anilines is 1. The van der Waals surface area contributed by atoms with E-state index in [2.05, 4.69) is 19.1 Å². The minimum atomic E-state index is -0.982. The van der Waals surface area contributed by atoms with Crippen LogP contribution in [0.3, 0.4) is 0 Å². The van der Waals surface area contributed by atoms with Crippen LogP contribution in [0.25, 0.3) is 0 Å². The van der Waals surface area contributed by atoms with E-state index in [-0.39, 0.29) is 44.7 Å². The van der Waals surface area contributed by atoms with Crippen LogP contribution in [-0.4, -0.2) is 27.8 Å². The van der Waals surface area contributed by atoms with E-state index < -0.39 is 11.7 Å². The number of benzene rings is 1. The van der Waals surface area contributed by atoms with Crippen molar-refractivity contribution in [3.8, 4) is 0 Å². The Hall–Kier alpha value is -0.546. The van der Waals surface area contributed by atoms with Crippen molar-refractivity contribution in [3.63, 3.8) is 0 Å². The van der Waals surface area contributed by atoms with E-state index in [4.69, 9.17) is 0 Å². The molecule has 1 saturated heterocycles. The monoisotopic (exact) mass is 445 g/mol. The van der Waals surface area contributed by atoms with Gasteiger partial charge >= 0.3 is 0 Å². The second kappa shape index (κ2) is 10.3. The van der Waals surface area contributed by atoms with E-state index in [1.165, 1.54) is 0 Å². The van der Waals surface area contributed by atoms with E-state index in [0.29, 0.717) is 24.8 Å². The Balaban J connectivity index is 0.00000261. The van der Waals surface area contributed by atoms with Gasteiger partial charge in [-0.05, 0) is 56.2 Å². The summed E-state index contributed by atoms with van der Waals surface area (Å²) in [5.41, 5.74) is 0.610. The maximum absolute atomic E-state index is 12.5. The number of aliphatic hydroxyl groups excluding tert-OH is 1. The molecule has 145 valence electrons. The summed E-state index contributed by atoms with van der Waals surface area (Å²) in [6, 6.07) is 7.66. The normalized spacial score (nSPS) is 23.0. The molecule has 2 aliphatic rings. The van der Waals surface area contributed by atoms with Crippen LogP contribution in [-0.2, 0) is 37.5 Å². The number of rotatable bonds is 7. The van der Waals surface area contributed by atoms with Crippen LogP contribution in [0, 0.1) is 6.92 Å². The van der Waals surface area contributed by atoms with E-state index in [0.717, 1.165) is 44.2 Å². The molecule has 2 unspecified atom stereocenters. The number of unbranched alkanes of at least 4 members (excludes halogenated alkanes) is 1. The van der Waals surface area contributed by atoms with Gasteiger partial charge in [0, 0.05) is 50.9 Å². The fourth-order valence-electron chi connectivity index (χ4n) is 3.95. The second-order valence-electron chi connectivity index (χ2n) is 7.61. The molecule has 5 heteroatoms. The van der Waals surface area contributed by atoms with Crippen LogP contribution in [0.2, 0.25) is 0 Å². The molecule has 1 aliphatic carbocycles. The first kappa shape index (κ1) is 22.7. The van der Waals surface area contributed by atoms with Gasteiger partial charge < -0.3 is 22.0 Å². The van der Waals surface area contributed by atoms with Gasteiger partial charge in [-0.1, -0.05) is 30.7 Å². The maximum Gasteiger partial charge on any atom is 0.227 e. The van der Waals surface area contributed by atoms with Crippen molar-refractivity contribution in [1.82, 2.24) is 0 Å². The maximum atomic E-state index is 12.5. The van der Waals surface area contributed by atoms with E-state index in [1.807, 2.05) is 29.2 Å². The van der Waals surface area contributed by atoms with Crippen molar-refractivity contribution in [1.29, 1.82) is 0 Å². The molecule has 0 bridgehead atoms. The van der Waals surface area contributed by atoms with Crippen LogP contribution >= 0.6 is 0 Å². The average molecular weight is 445 g/mol. The van der Waals surface area contributed by atoms with Crippen molar-refractivity contribution < 1.29 is 47.7 Å². The summed E-state index contributed by atoms with van der Waals surface area (Å²) in [6.07, 6.45) is 10.9. The number of carbonyl (C=O) groups is 1. The third-order valence-electron chi connectivity index (χ3n) is 5.72. The molecule has 3 rings (SSSR count). The van der Waals surface area contributed by atoms with Gasteiger partial charge in [0.15, 0.2) is 0 Å². The molecule has 1 aromatic rings. The minimum absolute atomic E-state index is 0. The number of carbonyl (C=O) groups excluding carboxylic acids is 1. The Labute approximate surface area is 187 Å². The van der Waals surface area contributed by atoms with Crippen molar-refractivity contribution in [2.45, 2.75) is 75.5 Å². The van der Waals surface area contributed by atoms with Crippen LogP contribution in [0.5, 0.6) is 0 Å². The second-order valence-corrected chi connectivity index (χ2v) is 7.61. The standard InChI is InChI=1S/C22H30NO3.Y/c1-2-3-4-5-8-18-9-6-10-20(24)23(18)19-13-11-17(12-14-19)21(25)22(26)15-7-16-22;/h4-5,11-14,18,21,25-26H,1-3,6-10,15-16H2;/q-1;/b5-4-;. The Morgan fingerprint density at radius 1 is 1.22 bits per heavy atom. The van der Waals surface area contributed by atoms with Crippen molar-refractivity contribution >= 4 is 11.6 Å². The first-order valence-corrected chi connectivity index (χ1v) is 9.82. The quantitative estimate of drug-likeness (QED) is 0.491. The molecule has 1 aliphatic heterocycles. The van der Waals surface area contributed by atoms with Gasteiger partial charge in [0.1, 0.15) is 6.10 Å². The smallest absolute Gasteiger partial charge is 0.227 e. The molecule has 2 atom stereocenters. The summed E-state index contributed by atoms with van der Waals surface area (Å²) in [6.45, 7) is 3.84. The van der Waals surface area contributed by atoms with Gasteiger partial charge in [0.25, 0.3) is 0 Å². The van der Waals surface area contributed by atoms with Crippen LogP contribution in [0.4, 0.5) is 5.69 Å². The first-order chi connectivity index (χ1) is 12.5. The summed E-state index contributed by atoms with van der Waals surface area (Å²) in [5, 5.41) is 20.8. The molecule has 1 amide bonds. The summed E-state index contributed by atoms with van der Waals surface area (Å²) in [5.74, 6) is 0.165. The summed E-state index contributed by atoms with van der Waals surface area (Å²) in [7, 11) is 0. The predicted molar refractivity (Wildman–Crippen MR) is 104 cm³/mol. The van der Waals surface area contributed by atoms with E-state index >= 15 is 0 Å². The Kier molecular flexibility index (Phi) is 8.67. The van der Waals surface area contributed by atoms with Gasteiger partial charge in [-0.25, -0.2) is 0 Å². The number of aliphatic hydroxyl groups is 2. The number of nitrogens with zero attached hydrogens (tertiary/aromatic N) is 1. The van der Waals surface area contributed by atoms with E-state index in [1.54, 1.807) is 0 Å². The summed E-state index contributed by atoms with van der Waals surface area (Å²) >= 11 is 0. The van der Waals surface area contributed by atoms with Crippen molar-refractivity contribution in [2.24, 2.45) is 0 Å². The molecule has 2 N–H and O–H groups in total. The van der Waals surface area contributed by atoms with Crippen LogP contribution < -0.4 is 4.90 Å². The SMILES string of the molecule is [CH2-]CC/C=C\CC1CCCC(=O)N1c1ccc(C(O)C2(O)CCC2)cc1.[Y]. The van der Waals surface area contributed by atoms with E-state index in [9.17, 15) is 15.0 Å². The zero-order valence-corrected chi connectivity index (χ0v) is 18.9. The average Bonchev–Trinajstić information content (AvgIpc) is 2.63. The molecule has 1 aromatic carbocycles. The fraction of sp³-hybridized carbons (Fsp3) is 0.545. The predicted octanol–water partition coefficient (Wildman–Crippen LogP) is 4.08. The summed E-state index contributed by atoms with van der Waals surface area (Å²) < 4.78 is 0. The Bertz CT molecular complexity index is 639. The molecular formula is C22H30NO3Y-. The topological polar surface area (TPSA) is 60.8 Å². The molecular weight excluding hydrogens is 415 g/mol. The van der Waals surface area contributed by atoms with Crippen molar-refractivity contribution in [2.75, 3.05) is 4.90 Å². The van der Waals surface area contributed by atoms with Gasteiger partial charge in [-0.3, -0.25) is 4.79 Å². The molecule has 1 heterocycles. The fourth-order valence-corrected chi connectivity index (χ4v) is 3.95. The molecule has 27 heavy (non-hydrogen) atoms. The molecule has 2 fully saturated rings. The van der Waals surface area contributed by atoms with Crippen molar-refractivity contribution in [3.05, 3.63) is 48.9 Å². The minimum Gasteiger partial charge on any atom is -0.387 e. The molecule has 1 radical (unpaired) electrons. The van der Waals surface area contributed by atoms with Gasteiger partial charge in [-0.15, -0.1) is 0 Å².